The fourth-order valence-electron chi connectivity index (χ4n) is 2.76. The molecular formula is C19H17NO4S. The molecule has 0 saturated heterocycles. The maximum Gasteiger partial charge on any atom is 0.312 e. The molecule has 1 N–H and O–H groups in total. The van der Waals surface area contributed by atoms with Crippen LogP contribution in [0.3, 0.4) is 0 Å². The van der Waals surface area contributed by atoms with Crippen molar-refractivity contribution in [3.05, 3.63) is 78.0 Å². The van der Waals surface area contributed by atoms with Crippen molar-refractivity contribution in [2.24, 2.45) is 0 Å². The summed E-state index contributed by atoms with van der Waals surface area (Å²) >= 11 is 0. The molecule has 1 heterocycles. The second-order valence-corrected chi connectivity index (χ2v) is 8.00. The SMILES string of the molecule is O=C(O)C(CS(=O)(=O)Cc1cnc2ccccc2c1)c1ccccc1. The predicted molar refractivity (Wildman–Crippen MR) is 96.1 cm³/mol. The number of hydrogen-bond donors (Lipinski definition) is 1. The summed E-state index contributed by atoms with van der Waals surface area (Å²) in [5, 5.41) is 10.3. The minimum Gasteiger partial charge on any atom is -0.481 e. The summed E-state index contributed by atoms with van der Waals surface area (Å²) in [6, 6.07) is 17.6. The molecule has 0 saturated carbocycles. The smallest absolute Gasteiger partial charge is 0.312 e. The lowest BCUT2D eigenvalue weighted by Crippen LogP contribution is -2.23. The average molecular weight is 355 g/mol. The Labute approximate surface area is 145 Å². The monoisotopic (exact) mass is 355 g/mol. The van der Waals surface area contributed by atoms with Crippen LogP contribution in [0.2, 0.25) is 0 Å². The Morgan fingerprint density at radius 3 is 2.44 bits per heavy atom. The van der Waals surface area contributed by atoms with Crippen LogP contribution < -0.4 is 0 Å². The number of carboxylic acid groups (broad SMARTS) is 1. The second kappa shape index (κ2) is 7.03. The molecule has 1 aromatic heterocycles. The zero-order chi connectivity index (χ0) is 17.9. The van der Waals surface area contributed by atoms with Gasteiger partial charge in [0, 0.05) is 11.6 Å². The molecule has 5 nitrogen and oxygen atoms in total. The molecule has 1 atom stereocenters. The van der Waals surface area contributed by atoms with Gasteiger partial charge in [-0.15, -0.1) is 0 Å². The van der Waals surface area contributed by atoms with E-state index in [2.05, 4.69) is 4.98 Å². The van der Waals surface area contributed by atoms with Gasteiger partial charge < -0.3 is 5.11 Å². The van der Waals surface area contributed by atoms with Crippen LogP contribution in [0.1, 0.15) is 17.0 Å². The lowest BCUT2D eigenvalue weighted by Gasteiger charge is -2.13. The number of hydrogen-bond acceptors (Lipinski definition) is 4. The molecule has 25 heavy (non-hydrogen) atoms. The van der Waals surface area contributed by atoms with Crippen molar-refractivity contribution in [1.29, 1.82) is 0 Å². The molecule has 0 radical (unpaired) electrons. The first kappa shape index (κ1) is 17.1. The van der Waals surface area contributed by atoms with E-state index in [0.717, 1.165) is 10.9 Å². The first-order chi connectivity index (χ1) is 11.9. The van der Waals surface area contributed by atoms with Crippen LogP contribution >= 0.6 is 0 Å². The maximum atomic E-state index is 12.5. The minimum absolute atomic E-state index is 0.235. The van der Waals surface area contributed by atoms with Gasteiger partial charge in [0.2, 0.25) is 0 Å². The fraction of sp³-hybridized carbons (Fsp3) is 0.158. The van der Waals surface area contributed by atoms with Crippen molar-refractivity contribution in [1.82, 2.24) is 4.98 Å². The van der Waals surface area contributed by atoms with E-state index in [1.807, 2.05) is 24.3 Å². The number of aliphatic carboxylic acids is 1. The molecular weight excluding hydrogens is 338 g/mol. The van der Waals surface area contributed by atoms with Crippen LogP contribution in [0, 0.1) is 0 Å². The molecule has 128 valence electrons. The number of carboxylic acids is 1. The number of carbonyl (C=O) groups is 1. The molecule has 0 fully saturated rings. The van der Waals surface area contributed by atoms with Gasteiger partial charge in [0.1, 0.15) is 0 Å². The molecule has 0 amide bonds. The van der Waals surface area contributed by atoms with Crippen LogP contribution in [0.25, 0.3) is 10.9 Å². The van der Waals surface area contributed by atoms with E-state index in [0.29, 0.717) is 11.1 Å². The number of pyridine rings is 1. The van der Waals surface area contributed by atoms with Crippen molar-refractivity contribution in [2.45, 2.75) is 11.7 Å². The van der Waals surface area contributed by atoms with Gasteiger partial charge in [-0.25, -0.2) is 8.42 Å². The number of aromatic nitrogens is 1. The number of sulfone groups is 1. The van der Waals surface area contributed by atoms with Crippen LogP contribution in [0.5, 0.6) is 0 Å². The maximum absolute atomic E-state index is 12.5. The van der Waals surface area contributed by atoms with Gasteiger partial charge in [0.15, 0.2) is 9.84 Å². The van der Waals surface area contributed by atoms with Crippen LogP contribution in [-0.2, 0) is 20.4 Å². The molecule has 2 aromatic carbocycles. The van der Waals surface area contributed by atoms with Gasteiger partial charge in [0.05, 0.1) is 22.9 Å². The zero-order valence-corrected chi connectivity index (χ0v) is 14.2. The van der Waals surface area contributed by atoms with Gasteiger partial charge in [-0.2, -0.15) is 0 Å². The van der Waals surface area contributed by atoms with Crippen LogP contribution in [0.15, 0.2) is 66.9 Å². The lowest BCUT2D eigenvalue weighted by atomic mass is 10.0. The molecule has 0 aliphatic heterocycles. The molecule has 0 aliphatic rings. The van der Waals surface area contributed by atoms with E-state index < -0.39 is 27.5 Å². The molecule has 0 spiro atoms. The molecule has 0 bridgehead atoms. The van der Waals surface area contributed by atoms with E-state index in [4.69, 9.17) is 0 Å². The number of para-hydroxylation sites is 1. The van der Waals surface area contributed by atoms with Crippen molar-refractivity contribution in [2.75, 3.05) is 5.75 Å². The van der Waals surface area contributed by atoms with E-state index in [1.54, 1.807) is 36.4 Å². The van der Waals surface area contributed by atoms with Gasteiger partial charge in [0.25, 0.3) is 0 Å². The molecule has 3 rings (SSSR count). The third kappa shape index (κ3) is 4.22. The highest BCUT2D eigenvalue weighted by Gasteiger charge is 2.27. The van der Waals surface area contributed by atoms with Crippen molar-refractivity contribution < 1.29 is 18.3 Å². The summed E-state index contributed by atoms with van der Waals surface area (Å²) in [5.74, 6) is -2.91. The fourth-order valence-corrected chi connectivity index (χ4v) is 4.38. The number of rotatable bonds is 6. The lowest BCUT2D eigenvalue weighted by molar-refractivity contribution is -0.138. The van der Waals surface area contributed by atoms with Gasteiger partial charge in [-0.1, -0.05) is 48.5 Å². The van der Waals surface area contributed by atoms with Gasteiger partial charge in [-0.3, -0.25) is 9.78 Å². The van der Waals surface area contributed by atoms with Crippen molar-refractivity contribution in [3.8, 4) is 0 Å². The Kier molecular flexibility index (Phi) is 4.81. The molecule has 6 heteroatoms. The highest BCUT2D eigenvalue weighted by atomic mass is 32.2. The minimum atomic E-state index is -3.62. The first-order valence-corrected chi connectivity index (χ1v) is 9.58. The Bertz CT molecular complexity index is 1000. The number of nitrogens with zero attached hydrogens (tertiary/aromatic N) is 1. The van der Waals surface area contributed by atoms with Gasteiger partial charge in [-0.05, 0) is 23.3 Å². The number of benzene rings is 2. The van der Waals surface area contributed by atoms with E-state index in [-0.39, 0.29) is 5.75 Å². The predicted octanol–water partition coefficient (Wildman–Crippen LogP) is 3.02. The summed E-state index contributed by atoms with van der Waals surface area (Å²) in [4.78, 5) is 15.8. The second-order valence-electron chi connectivity index (χ2n) is 5.89. The van der Waals surface area contributed by atoms with E-state index >= 15 is 0 Å². The third-order valence-electron chi connectivity index (χ3n) is 3.95. The number of fused-ring (bicyclic) bond motifs is 1. The summed E-state index contributed by atoms with van der Waals surface area (Å²) in [6.07, 6.45) is 1.53. The molecule has 0 aliphatic carbocycles. The van der Waals surface area contributed by atoms with Crippen molar-refractivity contribution in [3.63, 3.8) is 0 Å². The van der Waals surface area contributed by atoms with E-state index in [9.17, 15) is 18.3 Å². The summed E-state index contributed by atoms with van der Waals surface area (Å²) < 4.78 is 25.1. The van der Waals surface area contributed by atoms with Gasteiger partial charge >= 0.3 is 5.97 Å². The highest BCUT2D eigenvalue weighted by molar-refractivity contribution is 7.90. The summed E-state index contributed by atoms with van der Waals surface area (Å²) in [6.45, 7) is 0. The Balaban J connectivity index is 1.83. The Morgan fingerprint density at radius 2 is 1.72 bits per heavy atom. The largest absolute Gasteiger partial charge is 0.481 e. The average Bonchev–Trinajstić information content (AvgIpc) is 2.60. The Morgan fingerprint density at radius 1 is 1.04 bits per heavy atom. The quantitative estimate of drug-likeness (QED) is 0.735. The summed E-state index contributed by atoms with van der Waals surface area (Å²) in [7, 11) is -3.62. The highest BCUT2D eigenvalue weighted by Crippen LogP contribution is 2.21. The first-order valence-electron chi connectivity index (χ1n) is 7.76. The molecule has 1 unspecified atom stereocenters. The van der Waals surface area contributed by atoms with E-state index in [1.165, 1.54) is 6.20 Å². The van der Waals surface area contributed by atoms with Crippen LogP contribution in [-0.4, -0.2) is 30.2 Å². The third-order valence-corrected chi connectivity index (χ3v) is 5.57. The van der Waals surface area contributed by atoms with Crippen molar-refractivity contribution >= 4 is 26.7 Å². The standard InChI is InChI=1S/C19H17NO4S/c21-19(22)17(15-6-2-1-3-7-15)13-25(23,24)12-14-10-16-8-4-5-9-18(16)20-11-14/h1-11,17H,12-13H2,(H,21,22). The zero-order valence-electron chi connectivity index (χ0n) is 13.4. The normalized spacial score (nSPS) is 12.8. The summed E-state index contributed by atoms with van der Waals surface area (Å²) in [5.41, 5.74) is 1.82. The Hall–Kier alpha value is -2.73. The molecule has 3 aromatic rings. The topological polar surface area (TPSA) is 84.3 Å². The van der Waals surface area contributed by atoms with Crippen LogP contribution in [0.4, 0.5) is 0 Å².